The van der Waals surface area contributed by atoms with Crippen LogP contribution in [-0.2, 0) is 4.79 Å². The first-order chi connectivity index (χ1) is 1.91. The summed E-state index contributed by atoms with van der Waals surface area (Å²) in [5.41, 5.74) is 0. The van der Waals surface area contributed by atoms with Crippen molar-refractivity contribution in [1.82, 2.24) is 0 Å². The molecule has 0 fully saturated rings. The zero-order valence-corrected chi connectivity index (χ0v) is 1.93. The molecule has 0 saturated carbocycles. The Morgan fingerprint density at radius 3 is 2.00 bits per heavy atom. The van der Waals surface area contributed by atoms with Crippen molar-refractivity contribution in [2.24, 2.45) is 10.9 Å². The van der Waals surface area contributed by atoms with Gasteiger partial charge in [-0.1, -0.05) is 5.10 Å². The quantitative estimate of drug-likeness (QED) is 0.120. The molecule has 0 saturated heterocycles. The van der Waals surface area contributed by atoms with Crippen LogP contribution in [0.2, 0.25) is 0 Å². The fraction of sp³-hybridized carbons (Fsp3) is 0. The highest BCUT2D eigenvalue weighted by molar-refractivity contribution is 5.75. The highest BCUT2D eigenvalue weighted by Crippen LogP contribution is 1.14. The van der Waals surface area contributed by atoms with Gasteiger partial charge in [-0.25, -0.2) is 4.79 Å². The number of nitrogens with two attached hydrogens (primary N) is 1. The van der Waals surface area contributed by atoms with E-state index in [0.717, 1.165) is 6.08 Å². The molecular weight excluding hydrogens is 84.1 g/mol. The van der Waals surface area contributed by atoms with E-state index >= 15 is 0 Å². The van der Waals surface area contributed by atoms with E-state index in [-0.39, 0.29) is 11.0 Å². The lowest BCUT2D eigenvalue weighted by molar-refractivity contribution is 0.563. The molecule has 0 aromatic heterocycles. The van der Waals surface area contributed by atoms with Crippen molar-refractivity contribution in [2.45, 2.75) is 0 Å². The summed E-state index contributed by atoms with van der Waals surface area (Å²) in [7, 11) is 0. The Hall–Kier alpha value is -0.603. The van der Waals surface area contributed by atoms with Gasteiger partial charge in [0.05, 0.1) is 0 Å². The van der Waals surface area contributed by atoms with Gasteiger partial charge in [0, 0.05) is 0 Å². The highest BCUT2D eigenvalue weighted by atomic mass is 28.1. The van der Waals surface area contributed by atoms with Crippen LogP contribution in [0.25, 0.3) is 0 Å². The van der Waals surface area contributed by atoms with E-state index in [9.17, 15) is 0 Å². The summed E-state index contributed by atoms with van der Waals surface area (Å²) in [5.74, 6) is 4.23. The molecular formula is CH6N2OSi. The fourth-order valence-electron chi connectivity index (χ4n) is 0. The van der Waals surface area contributed by atoms with Gasteiger partial charge in [-0.3, -0.25) is 0 Å². The summed E-state index contributed by atoms with van der Waals surface area (Å²) in [6, 6.07) is 0. The highest BCUT2D eigenvalue weighted by Gasteiger charge is 1.27. The summed E-state index contributed by atoms with van der Waals surface area (Å²) in [5, 5.41) is 2.43. The third-order valence-electron chi connectivity index (χ3n) is 0.0527. The van der Waals surface area contributed by atoms with Crippen LogP contribution < -0.4 is 5.84 Å². The van der Waals surface area contributed by atoms with Crippen LogP contribution >= 0.6 is 0 Å². The average Bonchev–Trinajstić information content (AvgIpc) is 1.37. The van der Waals surface area contributed by atoms with E-state index < -0.39 is 0 Å². The molecule has 0 aromatic rings. The van der Waals surface area contributed by atoms with E-state index in [1.807, 2.05) is 0 Å². The molecule has 0 rings (SSSR count). The first-order valence-corrected chi connectivity index (χ1v) is 0.686. The fourth-order valence-corrected chi connectivity index (χ4v) is 0. The van der Waals surface area contributed by atoms with Crippen molar-refractivity contribution >= 4 is 17.0 Å². The summed E-state index contributed by atoms with van der Waals surface area (Å²) < 4.78 is 0. The zero-order chi connectivity index (χ0) is 3.41. The van der Waals surface area contributed by atoms with Crippen molar-refractivity contribution in [1.29, 1.82) is 0 Å². The summed E-state index contributed by atoms with van der Waals surface area (Å²) in [4.78, 5) is 8.76. The topological polar surface area (TPSA) is 55.4 Å². The molecule has 3 nitrogen and oxygen atoms in total. The van der Waals surface area contributed by atoms with Crippen LogP contribution in [0, 0.1) is 0 Å². The number of carbonyl (C=O) groups excluding carboxylic acids is 1. The molecule has 0 radical (unpaired) electrons. The van der Waals surface area contributed by atoms with Gasteiger partial charge in [-0.2, -0.15) is 0 Å². The number of nitrogens with zero attached hydrogens (tertiary/aromatic N) is 1. The maximum atomic E-state index is 8.76. The van der Waals surface area contributed by atoms with E-state index in [4.69, 9.17) is 4.79 Å². The van der Waals surface area contributed by atoms with Crippen LogP contribution in [0.15, 0.2) is 5.10 Å². The second kappa shape index (κ2) is 10.0. The van der Waals surface area contributed by atoms with Crippen LogP contribution in [0.3, 0.4) is 0 Å². The van der Waals surface area contributed by atoms with E-state index in [0.29, 0.717) is 0 Å². The third kappa shape index (κ3) is 42.1. The van der Waals surface area contributed by atoms with Gasteiger partial charge in [-0.05, 0) is 11.0 Å². The monoisotopic (exact) mass is 90.0 g/mol. The number of rotatable bonds is 0. The van der Waals surface area contributed by atoms with Crippen molar-refractivity contribution in [3.63, 3.8) is 0 Å². The molecule has 30 valence electrons. The minimum Gasteiger partial charge on any atom is -0.312 e. The molecule has 5 heavy (non-hydrogen) atoms. The van der Waals surface area contributed by atoms with Crippen LogP contribution in [0.1, 0.15) is 0 Å². The maximum Gasteiger partial charge on any atom is 0.257 e. The van der Waals surface area contributed by atoms with Gasteiger partial charge >= 0.3 is 0 Å². The molecule has 0 bridgehead atoms. The number of hydrazone groups is 1. The number of isocyanates is 1. The van der Waals surface area contributed by atoms with Crippen molar-refractivity contribution in [2.75, 3.05) is 0 Å². The van der Waals surface area contributed by atoms with Gasteiger partial charge in [0.2, 0.25) is 0 Å². The lowest BCUT2D eigenvalue weighted by atomic mass is 11.6. The zero-order valence-electron chi connectivity index (χ0n) is 1.93. The Labute approximate surface area is 33.9 Å². The van der Waals surface area contributed by atoms with Gasteiger partial charge in [0.25, 0.3) is 6.08 Å². The smallest absolute Gasteiger partial charge is 0.257 e. The Kier molecular flexibility index (Phi) is 17.7. The molecule has 0 unspecified atom stereocenters. The van der Waals surface area contributed by atoms with Crippen molar-refractivity contribution in [3.05, 3.63) is 0 Å². The van der Waals surface area contributed by atoms with Crippen LogP contribution in [-0.4, -0.2) is 17.0 Å². The molecule has 0 aliphatic rings. The SMILES string of the molecule is NN=C=O.[SiH4]. The van der Waals surface area contributed by atoms with Crippen LogP contribution in [0.4, 0.5) is 0 Å². The van der Waals surface area contributed by atoms with E-state index in [1.54, 1.807) is 0 Å². The number of hydrogen-bond donors (Lipinski definition) is 1. The Morgan fingerprint density at radius 1 is 1.80 bits per heavy atom. The molecule has 2 N–H and O–H groups in total. The van der Waals surface area contributed by atoms with E-state index in [1.165, 1.54) is 0 Å². The number of hydrogen-bond acceptors (Lipinski definition) is 3. The molecule has 0 amide bonds. The Bertz CT molecular complexity index is 47.6. The third-order valence-corrected chi connectivity index (χ3v) is 0.0527. The normalized spacial score (nSPS) is 3.20. The van der Waals surface area contributed by atoms with Gasteiger partial charge in [-0.15, -0.1) is 0 Å². The second-order valence-electron chi connectivity index (χ2n) is 0.220. The predicted octanol–water partition coefficient (Wildman–Crippen LogP) is -2.26. The molecule has 0 aliphatic heterocycles. The summed E-state index contributed by atoms with van der Waals surface area (Å²) >= 11 is 0. The molecule has 0 heterocycles. The molecule has 4 heteroatoms. The minimum absolute atomic E-state index is 0. The first-order valence-electron chi connectivity index (χ1n) is 0.686. The average molecular weight is 90.2 g/mol. The molecule has 0 spiro atoms. The predicted molar refractivity (Wildman–Crippen MR) is 23.6 cm³/mol. The Morgan fingerprint density at radius 2 is 2.00 bits per heavy atom. The van der Waals surface area contributed by atoms with Crippen LogP contribution in [0.5, 0.6) is 0 Å². The van der Waals surface area contributed by atoms with Crippen molar-refractivity contribution < 1.29 is 4.79 Å². The molecule has 0 atom stereocenters. The maximum absolute atomic E-state index is 8.76. The van der Waals surface area contributed by atoms with E-state index in [2.05, 4.69) is 10.9 Å². The molecule has 0 aromatic carbocycles. The lowest BCUT2D eigenvalue weighted by Crippen LogP contribution is -1.71. The Balaban J connectivity index is 0. The summed E-state index contributed by atoms with van der Waals surface area (Å²) in [6.45, 7) is 0. The summed E-state index contributed by atoms with van der Waals surface area (Å²) in [6.07, 6.45) is 1.08. The second-order valence-corrected chi connectivity index (χ2v) is 0.220. The van der Waals surface area contributed by atoms with Gasteiger partial charge in [0.15, 0.2) is 0 Å². The minimum atomic E-state index is 0. The van der Waals surface area contributed by atoms with Gasteiger partial charge < -0.3 is 5.84 Å². The largest absolute Gasteiger partial charge is 0.312 e. The molecule has 0 aliphatic carbocycles. The van der Waals surface area contributed by atoms with Gasteiger partial charge in [0.1, 0.15) is 0 Å². The lowest BCUT2D eigenvalue weighted by Gasteiger charge is -1.41. The first kappa shape index (κ1) is 8.83. The van der Waals surface area contributed by atoms with Crippen molar-refractivity contribution in [3.8, 4) is 0 Å². The standard InChI is InChI=1S/CH2N2O.H4Si/c2-3-1-4;/h2H2;1H4.